The van der Waals surface area contributed by atoms with E-state index in [9.17, 15) is 4.79 Å². The fourth-order valence-electron chi connectivity index (χ4n) is 3.31. The Balaban J connectivity index is 1.97. The lowest BCUT2D eigenvalue weighted by atomic mass is 10.2. The maximum atomic E-state index is 12.9. The first-order valence-corrected chi connectivity index (χ1v) is 9.52. The van der Waals surface area contributed by atoms with Crippen LogP contribution in [0.1, 0.15) is 35.7 Å². The third kappa shape index (κ3) is 3.07. The van der Waals surface area contributed by atoms with Crippen LogP contribution in [0.3, 0.4) is 0 Å². The number of benzene rings is 2. The summed E-state index contributed by atoms with van der Waals surface area (Å²) >= 11 is 0. The number of para-hydroxylation sites is 2. The van der Waals surface area contributed by atoms with Crippen molar-refractivity contribution >= 4 is 33.9 Å². The summed E-state index contributed by atoms with van der Waals surface area (Å²) < 4.78 is 1.81. The molecule has 6 heteroatoms. The van der Waals surface area contributed by atoms with E-state index in [0.29, 0.717) is 29.1 Å². The predicted octanol–water partition coefficient (Wildman–Crippen LogP) is 3.99. The molecule has 0 radical (unpaired) electrons. The minimum Gasteiger partial charge on any atom is -0.384 e. The minimum atomic E-state index is -0.216. The molecule has 2 aromatic heterocycles. The molecule has 142 valence electrons. The highest BCUT2D eigenvalue weighted by Crippen LogP contribution is 2.31. The van der Waals surface area contributed by atoms with E-state index in [1.54, 1.807) is 0 Å². The van der Waals surface area contributed by atoms with Gasteiger partial charge in [0.2, 0.25) is 0 Å². The van der Waals surface area contributed by atoms with Gasteiger partial charge in [-0.05, 0) is 37.6 Å². The highest BCUT2D eigenvalue weighted by atomic mass is 16.1. The van der Waals surface area contributed by atoms with Crippen molar-refractivity contribution in [3.05, 3.63) is 59.7 Å². The molecule has 0 aliphatic rings. The number of unbranched alkanes of at least 4 members (excludes halogenated alkanes) is 1. The third-order valence-corrected chi connectivity index (χ3v) is 4.83. The van der Waals surface area contributed by atoms with Gasteiger partial charge in [-0.2, -0.15) is 0 Å². The van der Waals surface area contributed by atoms with Crippen molar-refractivity contribution in [1.82, 2.24) is 19.9 Å². The molecule has 0 fully saturated rings. The molecule has 4 rings (SSSR count). The number of hydrogen-bond acceptors (Lipinski definition) is 4. The van der Waals surface area contributed by atoms with E-state index in [-0.39, 0.29) is 5.91 Å². The number of carbonyl (C=O) groups is 1. The van der Waals surface area contributed by atoms with Gasteiger partial charge in [0.25, 0.3) is 5.91 Å². The van der Waals surface area contributed by atoms with Crippen LogP contribution in [-0.2, 0) is 0 Å². The van der Waals surface area contributed by atoms with Gasteiger partial charge in [0.1, 0.15) is 16.9 Å². The molecule has 0 saturated carbocycles. The smallest absolute Gasteiger partial charge is 0.257 e. The monoisotopic (exact) mass is 373 g/mol. The zero-order chi connectivity index (χ0) is 19.7. The van der Waals surface area contributed by atoms with Crippen molar-refractivity contribution in [2.75, 3.05) is 12.3 Å². The summed E-state index contributed by atoms with van der Waals surface area (Å²) in [5.41, 5.74) is 11.5. The second kappa shape index (κ2) is 7.31. The molecule has 1 amide bonds. The summed E-state index contributed by atoms with van der Waals surface area (Å²) in [6.45, 7) is 4.72. The van der Waals surface area contributed by atoms with Crippen molar-refractivity contribution in [2.45, 2.75) is 26.7 Å². The Morgan fingerprint density at radius 1 is 1.07 bits per heavy atom. The topological polar surface area (TPSA) is 85.8 Å². The fourth-order valence-corrected chi connectivity index (χ4v) is 3.31. The van der Waals surface area contributed by atoms with Crippen molar-refractivity contribution in [3.63, 3.8) is 0 Å². The van der Waals surface area contributed by atoms with E-state index in [2.05, 4.69) is 12.2 Å². The van der Waals surface area contributed by atoms with Crippen molar-refractivity contribution in [2.24, 2.45) is 0 Å². The molecule has 6 nitrogen and oxygen atoms in total. The van der Waals surface area contributed by atoms with Crippen LogP contribution >= 0.6 is 0 Å². The summed E-state index contributed by atoms with van der Waals surface area (Å²) in [7, 11) is 0. The first kappa shape index (κ1) is 18.0. The molecule has 3 N–H and O–H groups in total. The van der Waals surface area contributed by atoms with Gasteiger partial charge in [-0.25, -0.2) is 9.97 Å². The standard InChI is InChI=1S/C22H23N5O/c1-3-4-13-24-22(28)18-19-21(26-17-8-6-5-7-16(17)25-19)27(20(18)23)15-11-9-14(2)10-12-15/h5-12H,3-4,13,23H2,1-2H3,(H,24,28). The average Bonchev–Trinajstić information content (AvgIpc) is 2.98. The van der Waals surface area contributed by atoms with Crippen LogP contribution in [0, 0.1) is 6.92 Å². The number of aromatic nitrogens is 3. The van der Waals surface area contributed by atoms with Gasteiger partial charge < -0.3 is 11.1 Å². The molecule has 0 spiro atoms. The zero-order valence-electron chi connectivity index (χ0n) is 16.1. The summed E-state index contributed by atoms with van der Waals surface area (Å²) in [4.78, 5) is 22.4. The normalized spacial score (nSPS) is 11.2. The molecule has 2 aromatic carbocycles. The van der Waals surface area contributed by atoms with Gasteiger partial charge in [-0.3, -0.25) is 9.36 Å². The fraction of sp³-hybridized carbons (Fsp3) is 0.227. The Kier molecular flexibility index (Phi) is 4.69. The summed E-state index contributed by atoms with van der Waals surface area (Å²) in [5, 5.41) is 2.95. The first-order chi connectivity index (χ1) is 13.6. The van der Waals surface area contributed by atoms with Gasteiger partial charge in [0.15, 0.2) is 5.65 Å². The van der Waals surface area contributed by atoms with Gasteiger partial charge in [0, 0.05) is 12.2 Å². The summed E-state index contributed by atoms with van der Waals surface area (Å²) in [6, 6.07) is 15.6. The van der Waals surface area contributed by atoms with Gasteiger partial charge in [0.05, 0.1) is 11.0 Å². The van der Waals surface area contributed by atoms with Crippen molar-refractivity contribution in [3.8, 4) is 5.69 Å². The third-order valence-electron chi connectivity index (χ3n) is 4.83. The summed E-state index contributed by atoms with van der Waals surface area (Å²) in [6.07, 6.45) is 1.92. The number of anilines is 1. The van der Waals surface area contributed by atoms with Crippen LogP contribution in [0.4, 0.5) is 5.82 Å². The molecule has 4 aromatic rings. The van der Waals surface area contributed by atoms with E-state index < -0.39 is 0 Å². The first-order valence-electron chi connectivity index (χ1n) is 9.52. The molecular formula is C22H23N5O. The number of nitrogen functional groups attached to an aromatic ring is 1. The van der Waals surface area contributed by atoms with Crippen LogP contribution < -0.4 is 11.1 Å². The Morgan fingerprint density at radius 3 is 2.43 bits per heavy atom. The van der Waals surface area contributed by atoms with Crippen molar-refractivity contribution < 1.29 is 4.79 Å². The number of carbonyl (C=O) groups excluding carboxylic acids is 1. The number of nitrogens with two attached hydrogens (primary N) is 1. The van der Waals surface area contributed by atoms with E-state index >= 15 is 0 Å². The quantitative estimate of drug-likeness (QED) is 0.518. The van der Waals surface area contributed by atoms with Gasteiger partial charge in [-0.15, -0.1) is 0 Å². The van der Waals surface area contributed by atoms with Crippen LogP contribution in [0.5, 0.6) is 0 Å². The highest BCUT2D eigenvalue weighted by Gasteiger charge is 2.24. The van der Waals surface area contributed by atoms with E-state index in [1.165, 1.54) is 0 Å². The number of nitrogens with one attached hydrogen (secondary N) is 1. The number of rotatable bonds is 5. The number of amides is 1. The van der Waals surface area contributed by atoms with E-state index in [1.807, 2.05) is 60.0 Å². The predicted molar refractivity (Wildman–Crippen MR) is 113 cm³/mol. The lowest BCUT2D eigenvalue weighted by Crippen LogP contribution is -2.25. The molecule has 0 aliphatic carbocycles. The van der Waals surface area contributed by atoms with E-state index in [4.69, 9.17) is 15.7 Å². The molecule has 28 heavy (non-hydrogen) atoms. The SMILES string of the molecule is CCCCNC(=O)c1c(N)n(-c2ccc(C)cc2)c2nc3ccccc3nc12. The molecular weight excluding hydrogens is 350 g/mol. The zero-order valence-corrected chi connectivity index (χ0v) is 16.1. The van der Waals surface area contributed by atoms with Gasteiger partial charge in [-0.1, -0.05) is 43.2 Å². The average molecular weight is 373 g/mol. The highest BCUT2D eigenvalue weighted by molar-refractivity contribution is 6.11. The lowest BCUT2D eigenvalue weighted by Gasteiger charge is -2.08. The van der Waals surface area contributed by atoms with E-state index in [0.717, 1.165) is 35.1 Å². The van der Waals surface area contributed by atoms with Crippen LogP contribution in [0.25, 0.3) is 27.9 Å². The Hall–Kier alpha value is -3.41. The molecule has 0 aliphatic heterocycles. The molecule has 0 bridgehead atoms. The lowest BCUT2D eigenvalue weighted by molar-refractivity contribution is 0.0955. The Morgan fingerprint density at radius 2 is 1.75 bits per heavy atom. The van der Waals surface area contributed by atoms with Gasteiger partial charge >= 0.3 is 0 Å². The number of hydrogen-bond donors (Lipinski definition) is 2. The van der Waals surface area contributed by atoms with Crippen molar-refractivity contribution in [1.29, 1.82) is 0 Å². The Labute approximate surface area is 163 Å². The van der Waals surface area contributed by atoms with Crippen LogP contribution in [0.15, 0.2) is 48.5 Å². The number of nitrogens with zero attached hydrogens (tertiary/aromatic N) is 3. The number of fused-ring (bicyclic) bond motifs is 2. The molecule has 0 saturated heterocycles. The Bertz CT molecular complexity index is 1160. The molecule has 0 atom stereocenters. The second-order valence-corrected chi connectivity index (χ2v) is 6.93. The minimum absolute atomic E-state index is 0.216. The molecule has 2 heterocycles. The summed E-state index contributed by atoms with van der Waals surface area (Å²) in [5.74, 6) is 0.134. The second-order valence-electron chi connectivity index (χ2n) is 6.93. The molecule has 0 unspecified atom stereocenters. The largest absolute Gasteiger partial charge is 0.384 e. The maximum Gasteiger partial charge on any atom is 0.257 e. The maximum absolute atomic E-state index is 12.9. The van der Waals surface area contributed by atoms with Crippen LogP contribution in [0.2, 0.25) is 0 Å². The van der Waals surface area contributed by atoms with Crippen LogP contribution in [-0.4, -0.2) is 27.0 Å². The number of aryl methyl sites for hydroxylation is 1.